The van der Waals surface area contributed by atoms with E-state index in [2.05, 4.69) is 5.32 Å². The van der Waals surface area contributed by atoms with E-state index in [4.69, 9.17) is 0 Å². The number of hydrogen-bond donors (Lipinski definition) is 1. The van der Waals surface area contributed by atoms with Crippen LogP contribution in [-0.4, -0.2) is 11.5 Å². The van der Waals surface area contributed by atoms with Crippen LogP contribution >= 0.6 is 0 Å². The molecule has 1 N–H and O–H groups in total. The maximum Gasteiger partial charge on any atom is 0.274 e. The lowest BCUT2D eigenvalue weighted by molar-refractivity contribution is -0.385. The molecule has 1 saturated carbocycles. The molecule has 5 heteroatoms. The second-order valence-corrected chi connectivity index (χ2v) is 5.17. The van der Waals surface area contributed by atoms with E-state index in [1.807, 2.05) is 0 Å². The molecule has 0 saturated heterocycles. The summed E-state index contributed by atoms with van der Waals surface area (Å²) in [5.41, 5.74) is 0.401. The van der Waals surface area contributed by atoms with Crippen LogP contribution in [0.3, 0.4) is 0 Å². The maximum atomic E-state index is 13.1. The first-order valence-electron chi connectivity index (χ1n) is 6.80. The van der Waals surface area contributed by atoms with Gasteiger partial charge >= 0.3 is 0 Å². The molecule has 0 aromatic heterocycles. The minimum Gasteiger partial charge on any atom is -0.312 e. The zero-order chi connectivity index (χ0) is 13.7. The van der Waals surface area contributed by atoms with Gasteiger partial charge in [-0.15, -0.1) is 0 Å². The van der Waals surface area contributed by atoms with Gasteiger partial charge in [-0.3, -0.25) is 10.1 Å². The molecule has 0 aliphatic heterocycles. The van der Waals surface area contributed by atoms with Gasteiger partial charge in [-0.1, -0.05) is 19.3 Å². The highest BCUT2D eigenvalue weighted by atomic mass is 19.1. The van der Waals surface area contributed by atoms with Crippen LogP contribution in [0.4, 0.5) is 10.1 Å². The van der Waals surface area contributed by atoms with E-state index in [0.717, 1.165) is 12.6 Å². The molecule has 0 amide bonds. The van der Waals surface area contributed by atoms with Crippen molar-refractivity contribution in [2.75, 3.05) is 6.54 Å². The summed E-state index contributed by atoms with van der Waals surface area (Å²) in [6.07, 6.45) is 6.29. The molecule has 1 aliphatic rings. The average Bonchev–Trinajstić information content (AvgIpc) is 2.39. The summed E-state index contributed by atoms with van der Waals surface area (Å²) >= 11 is 0. The third kappa shape index (κ3) is 3.99. The Morgan fingerprint density at radius 1 is 1.32 bits per heavy atom. The highest BCUT2D eigenvalue weighted by molar-refractivity contribution is 5.40. The van der Waals surface area contributed by atoms with Crippen molar-refractivity contribution in [1.29, 1.82) is 0 Å². The minimum absolute atomic E-state index is 0.0162. The standard InChI is InChI=1S/C14H19FN2O2/c15-13-6-7-14(17(18)19)12(8-13)10-16-9-11-4-2-1-3-5-11/h6-8,11,16H,1-5,9-10H2. The van der Waals surface area contributed by atoms with Gasteiger partial charge in [0.15, 0.2) is 0 Å². The van der Waals surface area contributed by atoms with Gasteiger partial charge < -0.3 is 5.32 Å². The van der Waals surface area contributed by atoms with Gasteiger partial charge in [0.1, 0.15) is 5.82 Å². The van der Waals surface area contributed by atoms with E-state index in [1.165, 1.54) is 44.2 Å². The second kappa shape index (κ2) is 6.61. The van der Waals surface area contributed by atoms with Crippen molar-refractivity contribution in [2.45, 2.75) is 38.6 Å². The van der Waals surface area contributed by atoms with E-state index in [-0.39, 0.29) is 5.69 Å². The van der Waals surface area contributed by atoms with Gasteiger partial charge in [0.05, 0.1) is 4.92 Å². The van der Waals surface area contributed by atoms with Crippen molar-refractivity contribution in [3.63, 3.8) is 0 Å². The molecular weight excluding hydrogens is 247 g/mol. The van der Waals surface area contributed by atoms with Crippen LogP contribution in [0.15, 0.2) is 18.2 Å². The van der Waals surface area contributed by atoms with Gasteiger partial charge in [-0.25, -0.2) is 4.39 Å². The monoisotopic (exact) mass is 266 g/mol. The molecule has 0 bridgehead atoms. The Labute approximate surface area is 112 Å². The highest BCUT2D eigenvalue weighted by Gasteiger charge is 2.16. The Morgan fingerprint density at radius 3 is 2.74 bits per heavy atom. The summed E-state index contributed by atoms with van der Waals surface area (Å²) in [4.78, 5) is 10.4. The van der Waals surface area contributed by atoms with E-state index >= 15 is 0 Å². The molecule has 1 aromatic carbocycles. The molecule has 1 fully saturated rings. The molecule has 0 unspecified atom stereocenters. The fourth-order valence-electron chi connectivity index (χ4n) is 2.68. The van der Waals surface area contributed by atoms with Crippen LogP contribution in [0.25, 0.3) is 0 Å². The SMILES string of the molecule is O=[N+]([O-])c1ccc(F)cc1CNCC1CCCCC1. The number of nitro benzene ring substituents is 1. The molecule has 19 heavy (non-hydrogen) atoms. The summed E-state index contributed by atoms with van der Waals surface area (Å²) in [6.45, 7) is 1.21. The predicted octanol–water partition coefficient (Wildman–Crippen LogP) is 3.40. The normalized spacial score (nSPS) is 16.5. The molecule has 0 atom stereocenters. The Kier molecular flexibility index (Phi) is 4.85. The van der Waals surface area contributed by atoms with Gasteiger partial charge in [0.25, 0.3) is 5.69 Å². The van der Waals surface area contributed by atoms with E-state index in [1.54, 1.807) is 0 Å². The van der Waals surface area contributed by atoms with E-state index in [9.17, 15) is 14.5 Å². The van der Waals surface area contributed by atoms with Crippen LogP contribution in [0, 0.1) is 21.8 Å². The highest BCUT2D eigenvalue weighted by Crippen LogP contribution is 2.23. The van der Waals surface area contributed by atoms with Crippen LogP contribution in [0.2, 0.25) is 0 Å². The number of nitrogens with zero attached hydrogens (tertiary/aromatic N) is 1. The molecule has 2 rings (SSSR count). The number of halogens is 1. The number of rotatable bonds is 5. The number of nitrogens with one attached hydrogen (secondary N) is 1. The van der Waals surface area contributed by atoms with Crippen LogP contribution in [0.5, 0.6) is 0 Å². The molecule has 1 aromatic rings. The molecule has 1 aliphatic carbocycles. The first kappa shape index (κ1) is 13.9. The molecule has 0 heterocycles. The molecule has 0 radical (unpaired) electrons. The lowest BCUT2D eigenvalue weighted by Gasteiger charge is -2.21. The predicted molar refractivity (Wildman–Crippen MR) is 71.3 cm³/mol. The Bertz CT molecular complexity index is 445. The summed E-state index contributed by atoms with van der Waals surface area (Å²) in [5.74, 6) is 0.224. The molecule has 104 valence electrons. The third-order valence-electron chi connectivity index (χ3n) is 3.71. The van der Waals surface area contributed by atoms with Crippen LogP contribution in [0.1, 0.15) is 37.7 Å². The summed E-state index contributed by atoms with van der Waals surface area (Å²) in [7, 11) is 0. The quantitative estimate of drug-likeness (QED) is 0.656. The lowest BCUT2D eigenvalue weighted by atomic mass is 9.89. The zero-order valence-corrected chi connectivity index (χ0v) is 10.9. The maximum absolute atomic E-state index is 13.1. The first-order chi connectivity index (χ1) is 9.16. The lowest BCUT2D eigenvalue weighted by Crippen LogP contribution is -2.24. The smallest absolute Gasteiger partial charge is 0.274 e. The fourth-order valence-corrected chi connectivity index (χ4v) is 2.68. The van der Waals surface area contributed by atoms with Crippen LogP contribution < -0.4 is 5.32 Å². The van der Waals surface area contributed by atoms with Crippen molar-refractivity contribution in [3.05, 3.63) is 39.7 Å². The summed E-state index contributed by atoms with van der Waals surface area (Å²) in [6, 6.07) is 3.60. The van der Waals surface area contributed by atoms with Crippen molar-refractivity contribution >= 4 is 5.69 Å². The summed E-state index contributed by atoms with van der Waals surface area (Å²) in [5, 5.41) is 14.1. The zero-order valence-electron chi connectivity index (χ0n) is 10.9. The van der Waals surface area contributed by atoms with E-state index < -0.39 is 10.7 Å². The Balaban J connectivity index is 1.91. The minimum atomic E-state index is -0.461. The first-order valence-corrected chi connectivity index (χ1v) is 6.80. The second-order valence-electron chi connectivity index (χ2n) is 5.17. The van der Waals surface area contributed by atoms with Gasteiger partial charge in [0, 0.05) is 18.2 Å². The Morgan fingerprint density at radius 2 is 2.05 bits per heavy atom. The van der Waals surface area contributed by atoms with Gasteiger partial charge in [0.2, 0.25) is 0 Å². The van der Waals surface area contributed by atoms with Gasteiger partial charge in [-0.2, -0.15) is 0 Å². The van der Waals surface area contributed by atoms with Crippen LogP contribution in [-0.2, 0) is 6.54 Å². The number of hydrogen-bond acceptors (Lipinski definition) is 3. The average molecular weight is 266 g/mol. The number of nitro groups is 1. The van der Waals surface area contributed by atoms with E-state index in [0.29, 0.717) is 18.0 Å². The summed E-state index contributed by atoms with van der Waals surface area (Å²) < 4.78 is 13.1. The number of benzene rings is 1. The fraction of sp³-hybridized carbons (Fsp3) is 0.571. The van der Waals surface area contributed by atoms with Crippen molar-refractivity contribution < 1.29 is 9.31 Å². The molecule has 0 spiro atoms. The largest absolute Gasteiger partial charge is 0.312 e. The molecule has 4 nitrogen and oxygen atoms in total. The van der Waals surface area contributed by atoms with Crippen molar-refractivity contribution in [1.82, 2.24) is 5.32 Å². The Hall–Kier alpha value is -1.49. The van der Waals surface area contributed by atoms with Gasteiger partial charge in [-0.05, 0) is 37.4 Å². The van der Waals surface area contributed by atoms with Crippen molar-refractivity contribution in [2.24, 2.45) is 5.92 Å². The van der Waals surface area contributed by atoms with Crippen molar-refractivity contribution in [3.8, 4) is 0 Å². The molecular formula is C14H19FN2O2. The topological polar surface area (TPSA) is 55.2 Å². The third-order valence-corrected chi connectivity index (χ3v) is 3.71.